The van der Waals surface area contributed by atoms with Crippen molar-refractivity contribution in [1.82, 2.24) is 9.73 Å². The average molecular weight is 417 g/mol. The van der Waals surface area contributed by atoms with Crippen molar-refractivity contribution in [1.29, 1.82) is 0 Å². The van der Waals surface area contributed by atoms with E-state index in [0.717, 1.165) is 0 Å². The number of aromatic carboxylic acids is 1. The van der Waals surface area contributed by atoms with Gasteiger partial charge in [0.15, 0.2) is 0 Å². The molecule has 29 heavy (non-hydrogen) atoms. The van der Waals surface area contributed by atoms with E-state index in [4.69, 9.17) is 9.84 Å². The summed E-state index contributed by atoms with van der Waals surface area (Å²) in [6.07, 6.45) is 1.36. The summed E-state index contributed by atoms with van der Waals surface area (Å²) in [5, 5.41) is 12.7. The molecule has 152 valence electrons. The molecule has 2 N–H and O–H groups in total. The third-order valence-electron chi connectivity index (χ3n) is 4.24. The molecule has 0 spiro atoms. The van der Waals surface area contributed by atoms with Gasteiger partial charge in [-0.1, -0.05) is 18.2 Å². The number of amides is 1. The maximum absolute atomic E-state index is 12.7. The second-order valence-electron chi connectivity index (χ2n) is 6.17. The van der Waals surface area contributed by atoms with Crippen LogP contribution in [-0.4, -0.2) is 62.2 Å². The quantitative estimate of drug-likeness (QED) is 0.537. The molecule has 1 aliphatic heterocycles. The van der Waals surface area contributed by atoms with Crippen LogP contribution in [0.3, 0.4) is 0 Å². The number of nitrogens with zero attached hydrogens (tertiary/aromatic N) is 2. The maximum atomic E-state index is 12.7. The number of nitrogens with one attached hydrogen (secondary N) is 1. The Balaban J connectivity index is 1.68. The van der Waals surface area contributed by atoms with Gasteiger partial charge in [0, 0.05) is 18.7 Å². The van der Waals surface area contributed by atoms with Crippen LogP contribution >= 0.6 is 0 Å². The molecular weight excluding hydrogens is 398 g/mol. The molecule has 0 bridgehead atoms. The molecular formula is C19H19N3O6S. The van der Waals surface area contributed by atoms with Crippen LogP contribution in [-0.2, 0) is 14.8 Å². The highest BCUT2D eigenvalue weighted by molar-refractivity contribution is 7.89. The molecule has 0 unspecified atom stereocenters. The molecule has 1 amide bonds. The van der Waals surface area contributed by atoms with E-state index in [1.807, 2.05) is 0 Å². The summed E-state index contributed by atoms with van der Waals surface area (Å²) in [6.45, 7) is 1.20. The van der Waals surface area contributed by atoms with E-state index in [9.17, 15) is 18.0 Å². The van der Waals surface area contributed by atoms with Gasteiger partial charge in [-0.25, -0.2) is 18.6 Å². The highest BCUT2D eigenvalue weighted by atomic mass is 32.2. The van der Waals surface area contributed by atoms with E-state index in [0.29, 0.717) is 18.8 Å². The molecule has 1 saturated heterocycles. The van der Waals surface area contributed by atoms with E-state index >= 15 is 0 Å². The highest BCUT2D eigenvalue weighted by Crippen LogP contribution is 2.18. The zero-order valence-corrected chi connectivity index (χ0v) is 16.1. The minimum absolute atomic E-state index is 0.0280. The van der Waals surface area contributed by atoms with Gasteiger partial charge in [-0.15, -0.1) is 0 Å². The second kappa shape index (κ2) is 8.95. The summed E-state index contributed by atoms with van der Waals surface area (Å²) in [4.78, 5) is 23.2. The van der Waals surface area contributed by atoms with Gasteiger partial charge in [0.25, 0.3) is 5.91 Å². The Labute approximate surface area is 167 Å². The minimum Gasteiger partial charge on any atom is -0.478 e. The zero-order valence-electron chi connectivity index (χ0n) is 15.3. The van der Waals surface area contributed by atoms with Gasteiger partial charge >= 0.3 is 5.97 Å². The Morgan fingerprint density at radius 1 is 1.07 bits per heavy atom. The number of carboxylic acid groups (broad SMARTS) is 1. The van der Waals surface area contributed by atoms with Gasteiger partial charge in [-0.05, 0) is 35.9 Å². The van der Waals surface area contributed by atoms with Gasteiger partial charge in [-0.2, -0.15) is 9.41 Å². The molecule has 1 heterocycles. The minimum atomic E-state index is -3.71. The highest BCUT2D eigenvalue weighted by Gasteiger charge is 2.26. The molecule has 0 atom stereocenters. The van der Waals surface area contributed by atoms with Crippen molar-refractivity contribution >= 4 is 28.1 Å². The Kier molecular flexibility index (Phi) is 6.37. The summed E-state index contributed by atoms with van der Waals surface area (Å²) in [5.41, 5.74) is 3.22. The lowest BCUT2D eigenvalue weighted by Gasteiger charge is -2.26. The van der Waals surface area contributed by atoms with Crippen molar-refractivity contribution in [3.05, 3.63) is 65.2 Å². The first kappa shape index (κ1) is 20.6. The summed E-state index contributed by atoms with van der Waals surface area (Å²) in [7, 11) is -3.71. The van der Waals surface area contributed by atoms with Crippen molar-refractivity contribution in [3.8, 4) is 0 Å². The maximum Gasteiger partial charge on any atom is 0.335 e. The first-order valence-electron chi connectivity index (χ1n) is 8.72. The first-order valence-corrected chi connectivity index (χ1v) is 10.2. The van der Waals surface area contributed by atoms with Gasteiger partial charge in [0.05, 0.1) is 29.9 Å². The number of hydrogen-bond acceptors (Lipinski definition) is 6. The lowest BCUT2D eigenvalue weighted by Crippen LogP contribution is -2.40. The molecule has 0 aromatic heterocycles. The van der Waals surface area contributed by atoms with E-state index in [1.54, 1.807) is 12.1 Å². The fourth-order valence-corrected chi connectivity index (χ4v) is 4.13. The molecule has 0 radical (unpaired) electrons. The van der Waals surface area contributed by atoms with Crippen molar-refractivity contribution < 1.29 is 27.9 Å². The third kappa shape index (κ3) is 5.05. The number of hydrazone groups is 1. The Morgan fingerprint density at radius 2 is 1.76 bits per heavy atom. The van der Waals surface area contributed by atoms with Crippen molar-refractivity contribution in [2.75, 3.05) is 26.3 Å². The van der Waals surface area contributed by atoms with Crippen molar-refractivity contribution in [2.45, 2.75) is 4.90 Å². The molecule has 1 aliphatic rings. The molecule has 9 nitrogen and oxygen atoms in total. The molecule has 3 rings (SSSR count). The Bertz CT molecular complexity index is 1030. The van der Waals surface area contributed by atoms with Crippen molar-refractivity contribution in [3.63, 3.8) is 0 Å². The number of sulfonamides is 1. The van der Waals surface area contributed by atoms with Crippen molar-refractivity contribution in [2.24, 2.45) is 5.10 Å². The number of ether oxygens (including phenoxy) is 1. The van der Waals surface area contributed by atoms with Crippen LogP contribution in [0.4, 0.5) is 0 Å². The van der Waals surface area contributed by atoms with Crippen LogP contribution in [0.1, 0.15) is 26.3 Å². The molecule has 0 saturated carbocycles. The molecule has 2 aromatic rings. The van der Waals surface area contributed by atoms with Gasteiger partial charge < -0.3 is 9.84 Å². The smallest absolute Gasteiger partial charge is 0.335 e. The normalized spacial score (nSPS) is 15.3. The molecule has 1 fully saturated rings. The fourth-order valence-electron chi connectivity index (χ4n) is 2.68. The Morgan fingerprint density at radius 3 is 2.41 bits per heavy atom. The van der Waals surface area contributed by atoms with E-state index in [2.05, 4.69) is 10.5 Å². The van der Waals surface area contributed by atoms with Crippen LogP contribution in [0.5, 0.6) is 0 Å². The SMILES string of the molecule is O=C(O)c1ccc(/C=N/NC(=O)c2cccc(S(=O)(=O)N3CCOCC3)c2)cc1. The number of rotatable bonds is 6. The second-order valence-corrected chi connectivity index (χ2v) is 8.11. The topological polar surface area (TPSA) is 125 Å². The van der Waals surface area contributed by atoms with Gasteiger partial charge in [0.2, 0.25) is 10.0 Å². The van der Waals surface area contributed by atoms with E-state index in [-0.39, 0.29) is 29.1 Å². The first-order chi connectivity index (χ1) is 13.9. The molecule has 2 aromatic carbocycles. The monoisotopic (exact) mass is 417 g/mol. The number of carbonyl (C=O) groups is 2. The average Bonchev–Trinajstić information content (AvgIpc) is 2.74. The van der Waals surface area contributed by atoms with E-state index < -0.39 is 21.9 Å². The number of carbonyl (C=O) groups excluding carboxylic acids is 1. The summed E-state index contributed by atoms with van der Waals surface area (Å²) in [6, 6.07) is 11.7. The van der Waals surface area contributed by atoms with E-state index in [1.165, 1.54) is 46.9 Å². The van der Waals surface area contributed by atoms with Gasteiger partial charge in [0.1, 0.15) is 0 Å². The summed E-state index contributed by atoms with van der Waals surface area (Å²) < 4.78 is 31.9. The fraction of sp³-hybridized carbons (Fsp3) is 0.211. The predicted molar refractivity (Wildman–Crippen MR) is 104 cm³/mol. The molecule has 0 aliphatic carbocycles. The lowest BCUT2D eigenvalue weighted by atomic mass is 10.1. The van der Waals surface area contributed by atoms with Crippen LogP contribution < -0.4 is 5.43 Å². The Hall–Kier alpha value is -3.08. The number of hydrogen-bond donors (Lipinski definition) is 2. The standard InChI is InChI=1S/C19H19N3O6S/c23-18(21-20-13-14-4-6-15(7-5-14)19(24)25)16-2-1-3-17(12-16)29(26,27)22-8-10-28-11-9-22/h1-7,12-13H,8-11H2,(H,21,23)(H,24,25)/b20-13+. The summed E-state index contributed by atoms with van der Waals surface area (Å²) >= 11 is 0. The zero-order chi connectivity index (χ0) is 20.9. The number of carboxylic acids is 1. The third-order valence-corrected chi connectivity index (χ3v) is 6.14. The number of benzene rings is 2. The van der Waals surface area contributed by atoms with Gasteiger partial charge in [-0.3, -0.25) is 4.79 Å². The van der Waals surface area contributed by atoms with Crippen LogP contribution in [0.15, 0.2) is 58.5 Å². The van der Waals surface area contributed by atoms with Crippen LogP contribution in [0.2, 0.25) is 0 Å². The summed E-state index contributed by atoms with van der Waals surface area (Å²) in [5.74, 6) is -1.60. The lowest BCUT2D eigenvalue weighted by molar-refractivity contribution is 0.0696. The van der Waals surface area contributed by atoms with Crippen LogP contribution in [0.25, 0.3) is 0 Å². The predicted octanol–water partition coefficient (Wildman–Crippen LogP) is 1.17. The largest absolute Gasteiger partial charge is 0.478 e. The molecule has 10 heteroatoms. The number of morpholine rings is 1. The van der Waals surface area contributed by atoms with Crippen LogP contribution in [0, 0.1) is 0 Å².